The molecule has 2 heterocycles. The van der Waals surface area contributed by atoms with Crippen LogP contribution in [-0.2, 0) is 0 Å². The minimum Gasteiger partial charge on any atom is -0.389 e. The van der Waals surface area contributed by atoms with E-state index < -0.39 is 5.60 Å². The lowest BCUT2D eigenvalue weighted by Gasteiger charge is -2.47. The summed E-state index contributed by atoms with van der Waals surface area (Å²) in [5.74, 6) is 0.233. The first-order valence-corrected chi connectivity index (χ1v) is 10.4. The number of carbonyl (C=O) groups excluding carboxylic acids is 1. The Morgan fingerprint density at radius 1 is 1.35 bits per heavy atom. The third kappa shape index (κ3) is 3.17. The molecular formula is C20H23ClN2O2S. The normalized spacial score (nSPS) is 25.8. The van der Waals surface area contributed by atoms with E-state index in [-0.39, 0.29) is 11.8 Å². The van der Waals surface area contributed by atoms with Crippen molar-refractivity contribution in [3.8, 4) is 10.6 Å². The summed E-state index contributed by atoms with van der Waals surface area (Å²) in [6.45, 7) is 3.14. The lowest BCUT2D eigenvalue weighted by molar-refractivity contribution is -0.0885. The Kier molecular flexibility index (Phi) is 4.80. The van der Waals surface area contributed by atoms with Crippen LogP contribution >= 0.6 is 22.9 Å². The highest BCUT2D eigenvalue weighted by Crippen LogP contribution is 2.41. The van der Waals surface area contributed by atoms with E-state index in [1.165, 1.54) is 11.3 Å². The van der Waals surface area contributed by atoms with Crippen molar-refractivity contribution in [2.75, 3.05) is 13.1 Å². The van der Waals surface area contributed by atoms with E-state index in [4.69, 9.17) is 11.6 Å². The van der Waals surface area contributed by atoms with Crippen molar-refractivity contribution < 1.29 is 9.90 Å². The minimum atomic E-state index is -0.569. The Morgan fingerprint density at radius 3 is 2.96 bits per heavy atom. The van der Waals surface area contributed by atoms with Crippen molar-refractivity contribution in [3.05, 3.63) is 39.9 Å². The second kappa shape index (κ2) is 6.95. The summed E-state index contributed by atoms with van der Waals surface area (Å²) in [5.41, 5.74) is 1.04. The maximum Gasteiger partial charge on any atom is 0.265 e. The number of likely N-dealkylation sites (tertiary alicyclic amines) is 1. The second-order valence-corrected chi connectivity index (χ2v) is 8.87. The predicted molar refractivity (Wildman–Crippen MR) is 105 cm³/mol. The van der Waals surface area contributed by atoms with E-state index in [2.05, 4.69) is 4.98 Å². The molecule has 1 aromatic carbocycles. The first-order valence-electron chi connectivity index (χ1n) is 9.22. The van der Waals surface area contributed by atoms with Crippen molar-refractivity contribution in [1.29, 1.82) is 0 Å². The molecule has 2 unspecified atom stereocenters. The van der Waals surface area contributed by atoms with Gasteiger partial charge in [0.25, 0.3) is 5.91 Å². The molecule has 1 saturated heterocycles. The van der Waals surface area contributed by atoms with Crippen LogP contribution in [0.2, 0.25) is 5.02 Å². The summed E-state index contributed by atoms with van der Waals surface area (Å²) in [4.78, 5) is 20.3. The van der Waals surface area contributed by atoms with Gasteiger partial charge in [0.05, 0.1) is 16.3 Å². The maximum atomic E-state index is 13.1. The molecule has 1 amide bonds. The number of halogens is 1. The van der Waals surface area contributed by atoms with Crippen molar-refractivity contribution in [1.82, 2.24) is 9.88 Å². The van der Waals surface area contributed by atoms with Crippen LogP contribution in [0.4, 0.5) is 0 Å². The number of benzene rings is 1. The number of hydrogen-bond acceptors (Lipinski definition) is 4. The molecule has 138 valence electrons. The molecule has 26 heavy (non-hydrogen) atoms. The second-order valence-electron chi connectivity index (χ2n) is 7.46. The van der Waals surface area contributed by atoms with Crippen molar-refractivity contribution >= 4 is 28.8 Å². The zero-order valence-corrected chi connectivity index (χ0v) is 16.4. The molecule has 4 nitrogen and oxygen atoms in total. The van der Waals surface area contributed by atoms with Gasteiger partial charge in [0.2, 0.25) is 0 Å². The number of aryl methyl sites for hydroxylation is 1. The quantitative estimate of drug-likeness (QED) is 0.819. The number of carbonyl (C=O) groups is 1. The van der Waals surface area contributed by atoms with Crippen LogP contribution in [0.25, 0.3) is 10.6 Å². The lowest BCUT2D eigenvalue weighted by atomic mass is 9.71. The summed E-state index contributed by atoms with van der Waals surface area (Å²) >= 11 is 7.69. The fraction of sp³-hybridized carbons (Fsp3) is 0.500. The van der Waals surface area contributed by atoms with E-state index >= 15 is 0 Å². The number of aromatic nitrogens is 1. The van der Waals surface area contributed by atoms with Gasteiger partial charge in [0, 0.05) is 24.6 Å². The van der Waals surface area contributed by atoms with Crippen LogP contribution in [0.3, 0.4) is 0 Å². The molecule has 0 spiro atoms. The molecule has 2 aromatic rings. The average Bonchev–Trinajstić information content (AvgIpc) is 3.02. The highest BCUT2D eigenvalue weighted by atomic mass is 35.5. The Hall–Kier alpha value is -1.43. The third-order valence-corrected chi connectivity index (χ3v) is 7.32. The first-order chi connectivity index (χ1) is 12.5. The average molecular weight is 391 g/mol. The van der Waals surface area contributed by atoms with Crippen LogP contribution in [0.1, 0.15) is 47.5 Å². The highest BCUT2D eigenvalue weighted by molar-refractivity contribution is 7.17. The van der Waals surface area contributed by atoms with Crippen LogP contribution in [-0.4, -0.2) is 39.6 Å². The molecule has 2 atom stereocenters. The molecule has 1 N–H and O–H groups in total. The number of hydrogen-bond donors (Lipinski definition) is 1. The van der Waals surface area contributed by atoms with Gasteiger partial charge in [-0.25, -0.2) is 4.98 Å². The Labute approximate surface area is 162 Å². The SMILES string of the molecule is Cc1nc(-c2ccccc2Cl)sc1C(=O)N1CCC2(O)CCCCC2C1. The van der Waals surface area contributed by atoms with E-state index in [1.54, 1.807) is 0 Å². The zero-order chi connectivity index (χ0) is 18.3. The van der Waals surface area contributed by atoms with Gasteiger partial charge in [0.1, 0.15) is 9.88 Å². The summed E-state index contributed by atoms with van der Waals surface area (Å²) in [5, 5.41) is 12.3. The lowest BCUT2D eigenvalue weighted by Crippen LogP contribution is -2.54. The number of aliphatic hydroxyl groups is 1. The van der Waals surface area contributed by atoms with Gasteiger partial charge in [0.15, 0.2) is 0 Å². The fourth-order valence-electron chi connectivity index (χ4n) is 4.24. The monoisotopic (exact) mass is 390 g/mol. The largest absolute Gasteiger partial charge is 0.389 e. The summed E-state index contributed by atoms with van der Waals surface area (Å²) in [6.07, 6.45) is 4.79. The minimum absolute atomic E-state index is 0.0333. The standard InChI is InChI=1S/C20H23ClN2O2S/c1-13-17(26-18(22-13)15-7-2-3-8-16(15)21)19(24)23-11-10-20(25)9-5-4-6-14(20)12-23/h2-3,7-8,14,25H,4-6,9-12H2,1H3. The number of amides is 1. The molecule has 1 aliphatic carbocycles. The maximum absolute atomic E-state index is 13.1. The molecule has 2 fully saturated rings. The van der Waals surface area contributed by atoms with E-state index in [0.717, 1.165) is 41.9 Å². The molecule has 1 aliphatic heterocycles. The van der Waals surface area contributed by atoms with Gasteiger partial charge in [-0.3, -0.25) is 4.79 Å². The van der Waals surface area contributed by atoms with E-state index in [9.17, 15) is 9.90 Å². The van der Waals surface area contributed by atoms with E-state index in [0.29, 0.717) is 29.4 Å². The van der Waals surface area contributed by atoms with E-state index in [1.807, 2.05) is 36.1 Å². The van der Waals surface area contributed by atoms with Gasteiger partial charge in [-0.2, -0.15) is 0 Å². The van der Waals surface area contributed by atoms with Crippen LogP contribution in [0.5, 0.6) is 0 Å². The molecule has 0 bridgehead atoms. The molecule has 1 aromatic heterocycles. The van der Waals surface area contributed by atoms with Crippen LogP contribution in [0.15, 0.2) is 24.3 Å². The molecule has 1 saturated carbocycles. The van der Waals surface area contributed by atoms with Gasteiger partial charge in [-0.15, -0.1) is 11.3 Å². The number of nitrogens with zero attached hydrogens (tertiary/aromatic N) is 2. The number of piperidine rings is 1. The summed E-state index contributed by atoms with van der Waals surface area (Å²) in [6, 6.07) is 7.58. The fourth-order valence-corrected chi connectivity index (χ4v) is 5.60. The van der Waals surface area contributed by atoms with Crippen molar-refractivity contribution in [2.24, 2.45) is 5.92 Å². The number of thiazole rings is 1. The van der Waals surface area contributed by atoms with Gasteiger partial charge < -0.3 is 10.0 Å². The van der Waals surface area contributed by atoms with Gasteiger partial charge >= 0.3 is 0 Å². The zero-order valence-electron chi connectivity index (χ0n) is 14.9. The molecule has 0 radical (unpaired) electrons. The topological polar surface area (TPSA) is 53.4 Å². The Bertz CT molecular complexity index is 837. The van der Waals surface area contributed by atoms with Crippen LogP contribution in [0, 0.1) is 12.8 Å². The highest BCUT2D eigenvalue weighted by Gasteiger charge is 2.44. The molecular weight excluding hydrogens is 368 g/mol. The summed E-state index contributed by atoms with van der Waals surface area (Å²) < 4.78 is 0. The van der Waals surface area contributed by atoms with Crippen LogP contribution < -0.4 is 0 Å². The third-order valence-electron chi connectivity index (χ3n) is 5.81. The number of fused-ring (bicyclic) bond motifs is 1. The molecule has 6 heteroatoms. The molecule has 4 rings (SSSR count). The van der Waals surface area contributed by atoms with Crippen molar-refractivity contribution in [2.45, 2.75) is 44.6 Å². The predicted octanol–water partition coefficient (Wildman–Crippen LogP) is 4.54. The Balaban J connectivity index is 1.57. The smallest absolute Gasteiger partial charge is 0.265 e. The van der Waals surface area contributed by atoms with Gasteiger partial charge in [-0.05, 0) is 32.3 Å². The van der Waals surface area contributed by atoms with Gasteiger partial charge in [-0.1, -0.05) is 42.6 Å². The van der Waals surface area contributed by atoms with Crippen molar-refractivity contribution in [3.63, 3.8) is 0 Å². The first kappa shape index (κ1) is 18.0. The summed E-state index contributed by atoms with van der Waals surface area (Å²) in [7, 11) is 0. The molecule has 2 aliphatic rings. The Morgan fingerprint density at radius 2 is 2.15 bits per heavy atom. The number of rotatable bonds is 2.